The SMILES string of the molecule is COC(=O)OC1CCC(OC(=O)OCCCC(C)C)CC1. The van der Waals surface area contributed by atoms with E-state index in [1.54, 1.807) is 0 Å². The van der Waals surface area contributed by atoms with Crippen LogP contribution in [0.5, 0.6) is 0 Å². The van der Waals surface area contributed by atoms with E-state index in [9.17, 15) is 9.59 Å². The molecule has 0 saturated heterocycles. The van der Waals surface area contributed by atoms with Gasteiger partial charge in [0.05, 0.1) is 13.7 Å². The molecule has 0 unspecified atom stereocenters. The Kier molecular flexibility index (Phi) is 7.93. The number of hydrogen-bond donors (Lipinski definition) is 0. The molecule has 0 aromatic carbocycles. The highest BCUT2D eigenvalue weighted by Gasteiger charge is 2.26. The molecule has 0 aromatic rings. The highest BCUT2D eigenvalue weighted by molar-refractivity contribution is 5.60. The molecular weight excluding hydrogens is 276 g/mol. The Balaban J connectivity index is 2.11. The van der Waals surface area contributed by atoms with Crippen molar-refractivity contribution in [2.45, 2.75) is 64.6 Å². The first kappa shape index (κ1) is 17.6. The Bertz CT molecular complexity index is 320. The normalized spacial score (nSPS) is 21.7. The fraction of sp³-hybridized carbons (Fsp3) is 0.867. The van der Waals surface area contributed by atoms with Gasteiger partial charge >= 0.3 is 12.3 Å². The van der Waals surface area contributed by atoms with Crippen LogP contribution in [0, 0.1) is 5.92 Å². The van der Waals surface area contributed by atoms with Gasteiger partial charge in [0.1, 0.15) is 12.2 Å². The molecule has 1 aliphatic carbocycles. The third kappa shape index (κ3) is 7.78. The van der Waals surface area contributed by atoms with E-state index in [1.165, 1.54) is 7.11 Å². The Morgan fingerprint density at radius 2 is 1.52 bits per heavy atom. The largest absolute Gasteiger partial charge is 0.508 e. The van der Waals surface area contributed by atoms with Gasteiger partial charge in [-0.25, -0.2) is 9.59 Å². The van der Waals surface area contributed by atoms with Gasteiger partial charge < -0.3 is 18.9 Å². The van der Waals surface area contributed by atoms with Crippen LogP contribution >= 0.6 is 0 Å². The summed E-state index contributed by atoms with van der Waals surface area (Å²) in [7, 11) is 1.28. The van der Waals surface area contributed by atoms with Crippen LogP contribution in [0.15, 0.2) is 0 Å². The zero-order valence-corrected chi connectivity index (χ0v) is 13.1. The van der Waals surface area contributed by atoms with Crippen LogP contribution in [0.25, 0.3) is 0 Å². The highest BCUT2D eigenvalue weighted by Crippen LogP contribution is 2.24. The van der Waals surface area contributed by atoms with Gasteiger partial charge in [-0.05, 0) is 44.4 Å². The van der Waals surface area contributed by atoms with Crippen molar-refractivity contribution in [3.63, 3.8) is 0 Å². The van der Waals surface area contributed by atoms with Crippen molar-refractivity contribution in [3.8, 4) is 0 Å². The summed E-state index contributed by atoms with van der Waals surface area (Å²) in [6.07, 6.45) is 2.99. The fourth-order valence-electron chi connectivity index (χ4n) is 2.27. The van der Waals surface area contributed by atoms with Crippen molar-refractivity contribution in [3.05, 3.63) is 0 Å². The second-order valence-corrected chi connectivity index (χ2v) is 5.72. The van der Waals surface area contributed by atoms with Crippen LogP contribution in [0.2, 0.25) is 0 Å². The Morgan fingerprint density at radius 3 is 2.00 bits per heavy atom. The lowest BCUT2D eigenvalue weighted by atomic mass is 9.95. The molecule has 1 rings (SSSR count). The molecule has 1 aliphatic rings. The van der Waals surface area contributed by atoms with E-state index in [1.807, 2.05) is 0 Å². The van der Waals surface area contributed by atoms with Crippen LogP contribution in [-0.2, 0) is 18.9 Å². The molecule has 0 N–H and O–H groups in total. The molecule has 6 heteroatoms. The molecule has 0 aromatic heterocycles. The van der Waals surface area contributed by atoms with Gasteiger partial charge in [0.25, 0.3) is 0 Å². The van der Waals surface area contributed by atoms with Crippen LogP contribution in [0.4, 0.5) is 9.59 Å². The lowest BCUT2D eigenvalue weighted by Gasteiger charge is -2.27. The minimum absolute atomic E-state index is 0.153. The van der Waals surface area contributed by atoms with Crippen molar-refractivity contribution < 1.29 is 28.5 Å². The van der Waals surface area contributed by atoms with Crippen LogP contribution in [-0.4, -0.2) is 38.2 Å². The topological polar surface area (TPSA) is 71.1 Å². The van der Waals surface area contributed by atoms with Gasteiger partial charge in [-0.15, -0.1) is 0 Å². The number of hydrogen-bond acceptors (Lipinski definition) is 6. The van der Waals surface area contributed by atoms with E-state index in [0.29, 0.717) is 38.2 Å². The number of carbonyl (C=O) groups excluding carboxylic acids is 2. The fourth-order valence-corrected chi connectivity index (χ4v) is 2.27. The van der Waals surface area contributed by atoms with Crippen molar-refractivity contribution >= 4 is 12.3 Å². The molecule has 0 atom stereocenters. The molecule has 122 valence electrons. The van der Waals surface area contributed by atoms with Gasteiger partial charge in [0, 0.05) is 0 Å². The molecule has 0 amide bonds. The maximum Gasteiger partial charge on any atom is 0.508 e. The molecule has 0 bridgehead atoms. The summed E-state index contributed by atoms with van der Waals surface area (Å²) in [4.78, 5) is 22.5. The Morgan fingerprint density at radius 1 is 1.00 bits per heavy atom. The molecule has 21 heavy (non-hydrogen) atoms. The van der Waals surface area contributed by atoms with E-state index in [0.717, 1.165) is 12.8 Å². The van der Waals surface area contributed by atoms with E-state index in [2.05, 4.69) is 18.6 Å². The molecule has 1 fully saturated rings. The third-order valence-electron chi connectivity index (χ3n) is 3.46. The van der Waals surface area contributed by atoms with Crippen molar-refractivity contribution in [2.75, 3.05) is 13.7 Å². The molecule has 0 spiro atoms. The van der Waals surface area contributed by atoms with Crippen LogP contribution < -0.4 is 0 Å². The Labute approximate surface area is 126 Å². The molecule has 0 radical (unpaired) electrons. The maximum atomic E-state index is 11.5. The number of rotatable bonds is 6. The predicted molar refractivity (Wildman–Crippen MR) is 76.0 cm³/mol. The monoisotopic (exact) mass is 302 g/mol. The Hall–Kier alpha value is -1.46. The van der Waals surface area contributed by atoms with Crippen LogP contribution in [0.1, 0.15) is 52.4 Å². The summed E-state index contributed by atoms with van der Waals surface area (Å²) in [6.45, 7) is 4.66. The van der Waals surface area contributed by atoms with Gasteiger partial charge in [-0.1, -0.05) is 13.8 Å². The van der Waals surface area contributed by atoms with Gasteiger partial charge in [-0.3, -0.25) is 0 Å². The van der Waals surface area contributed by atoms with Crippen molar-refractivity contribution in [1.82, 2.24) is 0 Å². The minimum atomic E-state index is -0.663. The minimum Gasteiger partial charge on any atom is -0.438 e. The standard InChI is InChI=1S/C15H26O6/c1-11(2)5-4-10-19-15(17)21-13-8-6-12(7-9-13)20-14(16)18-3/h11-13H,4-10H2,1-3H3. The molecular formula is C15H26O6. The zero-order valence-electron chi connectivity index (χ0n) is 13.1. The first-order chi connectivity index (χ1) is 10.0. The lowest BCUT2D eigenvalue weighted by Crippen LogP contribution is -2.30. The van der Waals surface area contributed by atoms with Gasteiger partial charge in [0.2, 0.25) is 0 Å². The smallest absolute Gasteiger partial charge is 0.438 e. The second-order valence-electron chi connectivity index (χ2n) is 5.72. The highest BCUT2D eigenvalue weighted by atomic mass is 16.7. The molecule has 0 aliphatic heterocycles. The van der Waals surface area contributed by atoms with Crippen molar-refractivity contribution in [2.24, 2.45) is 5.92 Å². The average Bonchev–Trinajstić information content (AvgIpc) is 2.45. The number of methoxy groups -OCH3 is 1. The van der Waals surface area contributed by atoms with Gasteiger partial charge in [0.15, 0.2) is 0 Å². The van der Waals surface area contributed by atoms with E-state index in [4.69, 9.17) is 14.2 Å². The van der Waals surface area contributed by atoms with E-state index >= 15 is 0 Å². The summed E-state index contributed by atoms with van der Waals surface area (Å²) in [5, 5.41) is 0. The molecule has 6 nitrogen and oxygen atoms in total. The number of carbonyl (C=O) groups is 2. The van der Waals surface area contributed by atoms with E-state index < -0.39 is 12.3 Å². The summed E-state index contributed by atoms with van der Waals surface area (Å²) >= 11 is 0. The predicted octanol–water partition coefficient (Wildman–Crippen LogP) is 3.67. The lowest BCUT2D eigenvalue weighted by molar-refractivity contribution is -0.0231. The van der Waals surface area contributed by atoms with Crippen molar-refractivity contribution in [1.29, 1.82) is 0 Å². The summed E-state index contributed by atoms with van der Waals surface area (Å²) in [6, 6.07) is 0. The average molecular weight is 302 g/mol. The molecule has 1 saturated carbocycles. The second kappa shape index (κ2) is 9.47. The zero-order chi connectivity index (χ0) is 15.7. The third-order valence-corrected chi connectivity index (χ3v) is 3.46. The summed E-state index contributed by atoms with van der Waals surface area (Å²) < 4.78 is 19.8. The first-order valence-electron chi connectivity index (χ1n) is 7.59. The van der Waals surface area contributed by atoms with Gasteiger partial charge in [-0.2, -0.15) is 0 Å². The van der Waals surface area contributed by atoms with E-state index in [-0.39, 0.29) is 12.2 Å². The first-order valence-corrected chi connectivity index (χ1v) is 7.59. The maximum absolute atomic E-state index is 11.5. The molecule has 0 heterocycles. The summed E-state index contributed by atoms with van der Waals surface area (Å²) in [5.74, 6) is 0.606. The van der Waals surface area contributed by atoms with Crippen LogP contribution in [0.3, 0.4) is 0 Å². The number of ether oxygens (including phenoxy) is 4. The quantitative estimate of drug-likeness (QED) is 0.550. The summed E-state index contributed by atoms with van der Waals surface area (Å²) in [5.41, 5.74) is 0.